The van der Waals surface area contributed by atoms with Gasteiger partial charge in [0.2, 0.25) is 10.0 Å². The second kappa shape index (κ2) is 5.71. The Morgan fingerprint density at radius 3 is 2.48 bits per heavy atom. The van der Waals surface area contributed by atoms with Crippen LogP contribution in [0.15, 0.2) is 47.4 Å². The van der Waals surface area contributed by atoms with Crippen molar-refractivity contribution in [1.82, 2.24) is 0 Å². The zero-order valence-corrected chi connectivity index (χ0v) is 12.2. The number of hydrogen-bond donors (Lipinski definition) is 3. The molecule has 7 heteroatoms. The van der Waals surface area contributed by atoms with E-state index in [0.29, 0.717) is 5.69 Å². The van der Waals surface area contributed by atoms with Crippen LogP contribution in [0.4, 0.5) is 15.8 Å². The molecule has 21 heavy (non-hydrogen) atoms. The number of primary sulfonamides is 1. The molecule has 0 aliphatic heterocycles. The number of sulfonamides is 1. The highest BCUT2D eigenvalue weighted by Crippen LogP contribution is 2.29. The zero-order chi connectivity index (χ0) is 15.6. The van der Waals surface area contributed by atoms with Crippen LogP contribution in [-0.2, 0) is 10.0 Å². The predicted molar refractivity (Wildman–Crippen MR) is 80.7 cm³/mol. The lowest BCUT2D eigenvalue weighted by Crippen LogP contribution is -2.16. The van der Waals surface area contributed by atoms with Crippen molar-refractivity contribution in [3.05, 3.63) is 53.8 Å². The minimum atomic E-state index is -3.89. The number of hydrogen-bond acceptors (Lipinski definition) is 4. The molecular formula is C14H16FN3O2S. The monoisotopic (exact) mass is 309 g/mol. The van der Waals surface area contributed by atoms with Crippen molar-refractivity contribution >= 4 is 21.4 Å². The van der Waals surface area contributed by atoms with Crippen molar-refractivity contribution < 1.29 is 12.8 Å². The standard InChI is InChI=1S/C14H16FN3O2S/c1-9(10-4-2-5-11(15)8-10)18-12-6-3-7-13(14(12)16)21(17,19)20/h2-9,18H,16H2,1H3,(H2,17,19,20). The van der Waals surface area contributed by atoms with Gasteiger partial charge in [0.1, 0.15) is 10.7 Å². The smallest absolute Gasteiger partial charge is 0.240 e. The Bertz CT molecular complexity index is 763. The van der Waals surface area contributed by atoms with E-state index < -0.39 is 10.0 Å². The minimum absolute atomic E-state index is 0.0447. The van der Waals surface area contributed by atoms with E-state index in [4.69, 9.17) is 10.9 Å². The number of anilines is 2. The third-order valence-electron chi connectivity index (χ3n) is 3.09. The number of nitrogens with one attached hydrogen (secondary N) is 1. The molecule has 5 nitrogen and oxygen atoms in total. The van der Waals surface area contributed by atoms with Crippen molar-refractivity contribution in [2.45, 2.75) is 17.9 Å². The van der Waals surface area contributed by atoms with Crippen LogP contribution in [0.3, 0.4) is 0 Å². The first-order valence-electron chi connectivity index (χ1n) is 6.22. The molecule has 112 valence electrons. The molecule has 0 spiro atoms. The van der Waals surface area contributed by atoms with E-state index >= 15 is 0 Å². The van der Waals surface area contributed by atoms with Crippen LogP contribution in [0.1, 0.15) is 18.5 Å². The highest BCUT2D eigenvalue weighted by molar-refractivity contribution is 7.89. The largest absolute Gasteiger partial charge is 0.396 e. The van der Waals surface area contributed by atoms with Gasteiger partial charge in [0.25, 0.3) is 0 Å². The number of halogens is 1. The lowest BCUT2D eigenvalue weighted by molar-refractivity contribution is 0.598. The Labute approximate surface area is 122 Å². The van der Waals surface area contributed by atoms with Gasteiger partial charge in [0.15, 0.2) is 0 Å². The number of nitrogens with two attached hydrogens (primary N) is 2. The van der Waals surface area contributed by atoms with Gasteiger partial charge in [-0.1, -0.05) is 18.2 Å². The quantitative estimate of drug-likeness (QED) is 0.754. The summed E-state index contributed by atoms with van der Waals surface area (Å²) < 4.78 is 36.1. The first-order valence-corrected chi connectivity index (χ1v) is 7.77. The third-order valence-corrected chi connectivity index (χ3v) is 4.06. The summed E-state index contributed by atoms with van der Waals surface area (Å²) in [6, 6.07) is 10.4. The number of benzene rings is 2. The van der Waals surface area contributed by atoms with Crippen LogP contribution in [0.25, 0.3) is 0 Å². The molecule has 0 radical (unpaired) electrons. The Morgan fingerprint density at radius 1 is 1.19 bits per heavy atom. The minimum Gasteiger partial charge on any atom is -0.396 e. The van der Waals surface area contributed by atoms with Gasteiger partial charge < -0.3 is 11.1 Å². The van der Waals surface area contributed by atoms with Crippen LogP contribution < -0.4 is 16.2 Å². The van der Waals surface area contributed by atoms with E-state index in [2.05, 4.69) is 5.32 Å². The van der Waals surface area contributed by atoms with Crippen molar-refractivity contribution in [3.63, 3.8) is 0 Å². The molecule has 2 rings (SSSR count). The van der Waals surface area contributed by atoms with Crippen molar-refractivity contribution in [1.29, 1.82) is 0 Å². The maximum absolute atomic E-state index is 13.2. The molecule has 2 aromatic carbocycles. The van der Waals surface area contributed by atoms with Gasteiger partial charge in [-0.2, -0.15) is 0 Å². The maximum atomic E-state index is 13.2. The summed E-state index contributed by atoms with van der Waals surface area (Å²) in [6.45, 7) is 1.82. The zero-order valence-electron chi connectivity index (χ0n) is 11.4. The van der Waals surface area contributed by atoms with E-state index in [9.17, 15) is 12.8 Å². The first-order chi connectivity index (χ1) is 9.79. The summed E-state index contributed by atoms with van der Waals surface area (Å²) in [5, 5.41) is 8.16. The van der Waals surface area contributed by atoms with Crippen LogP contribution in [0.2, 0.25) is 0 Å². The topological polar surface area (TPSA) is 98.2 Å². The normalized spacial score (nSPS) is 12.9. The number of para-hydroxylation sites is 1. The van der Waals surface area contributed by atoms with Gasteiger partial charge in [-0.3, -0.25) is 0 Å². The summed E-state index contributed by atoms with van der Waals surface area (Å²) >= 11 is 0. The molecule has 1 unspecified atom stereocenters. The maximum Gasteiger partial charge on any atom is 0.240 e. The van der Waals surface area contributed by atoms with E-state index in [1.54, 1.807) is 18.2 Å². The molecule has 0 aliphatic rings. The van der Waals surface area contributed by atoms with E-state index in [1.165, 1.54) is 24.3 Å². The lowest BCUT2D eigenvalue weighted by Gasteiger charge is -2.18. The Hall–Kier alpha value is -2.12. The molecule has 0 heterocycles. The van der Waals surface area contributed by atoms with Gasteiger partial charge >= 0.3 is 0 Å². The predicted octanol–water partition coefficient (Wildman–Crippen LogP) is 2.23. The molecule has 0 saturated carbocycles. The fourth-order valence-electron chi connectivity index (χ4n) is 2.01. The number of nitrogen functional groups attached to an aromatic ring is 1. The summed E-state index contributed by atoms with van der Waals surface area (Å²) in [7, 11) is -3.89. The van der Waals surface area contributed by atoms with Crippen LogP contribution >= 0.6 is 0 Å². The fourth-order valence-corrected chi connectivity index (χ4v) is 2.70. The van der Waals surface area contributed by atoms with Gasteiger partial charge in [0, 0.05) is 6.04 Å². The van der Waals surface area contributed by atoms with Gasteiger partial charge in [-0.05, 0) is 36.8 Å². The molecule has 2 aromatic rings. The lowest BCUT2D eigenvalue weighted by atomic mass is 10.1. The highest BCUT2D eigenvalue weighted by Gasteiger charge is 2.16. The Morgan fingerprint density at radius 2 is 1.86 bits per heavy atom. The van der Waals surface area contributed by atoms with Crippen LogP contribution in [0, 0.1) is 5.82 Å². The summed E-state index contributed by atoms with van der Waals surface area (Å²) in [4.78, 5) is -0.140. The van der Waals surface area contributed by atoms with Gasteiger partial charge in [-0.15, -0.1) is 0 Å². The Kier molecular flexibility index (Phi) is 4.15. The highest BCUT2D eigenvalue weighted by atomic mass is 32.2. The average molecular weight is 309 g/mol. The molecule has 0 amide bonds. The second-order valence-electron chi connectivity index (χ2n) is 4.68. The molecule has 1 atom stereocenters. The summed E-state index contributed by atoms with van der Waals surface area (Å²) in [5.41, 5.74) is 7.02. The molecule has 5 N–H and O–H groups in total. The average Bonchev–Trinajstić information content (AvgIpc) is 2.39. The molecule has 0 aromatic heterocycles. The van der Waals surface area contributed by atoms with Crippen LogP contribution in [0.5, 0.6) is 0 Å². The Balaban J connectivity index is 2.32. The van der Waals surface area contributed by atoms with Crippen molar-refractivity contribution in [2.75, 3.05) is 11.1 Å². The molecule has 0 saturated heterocycles. The van der Waals surface area contributed by atoms with E-state index in [1.807, 2.05) is 6.92 Å². The third kappa shape index (κ3) is 3.50. The van der Waals surface area contributed by atoms with Gasteiger partial charge in [-0.25, -0.2) is 17.9 Å². The molecule has 0 aliphatic carbocycles. The molecule has 0 fully saturated rings. The number of rotatable bonds is 4. The second-order valence-corrected chi connectivity index (χ2v) is 6.21. The summed E-state index contributed by atoms with van der Waals surface area (Å²) in [6.07, 6.45) is 0. The SMILES string of the molecule is CC(Nc1cccc(S(N)(=O)=O)c1N)c1cccc(F)c1. The summed E-state index contributed by atoms with van der Waals surface area (Å²) in [5.74, 6) is -0.340. The van der Waals surface area contributed by atoms with E-state index in [0.717, 1.165) is 5.56 Å². The van der Waals surface area contributed by atoms with Gasteiger partial charge in [0.05, 0.1) is 11.4 Å². The first kappa shape index (κ1) is 15.3. The molecule has 0 bridgehead atoms. The fraction of sp³-hybridized carbons (Fsp3) is 0.143. The van der Waals surface area contributed by atoms with E-state index in [-0.39, 0.29) is 22.4 Å². The van der Waals surface area contributed by atoms with Crippen molar-refractivity contribution in [2.24, 2.45) is 5.14 Å². The van der Waals surface area contributed by atoms with Crippen molar-refractivity contribution in [3.8, 4) is 0 Å². The van der Waals surface area contributed by atoms with Crippen LogP contribution in [-0.4, -0.2) is 8.42 Å². The molecular weight excluding hydrogens is 293 g/mol.